The summed E-state index contributed by atoms with van der Waals surface area (Å²) in [5.74, 6) is -0.754. The minimum absolute atomic E-state index is 0. The summed E-state index contributed by atoms with van der Waals surface area (Å²) < 4.78 is 45.3. The van der Waals surface area contributed by atoms with Gasteiger partial charge in [0.1, 0.15) is 0 Å². The maximum Gasteiger partial charge on any atom is 1.00 e. The second-order valence-corrected chi connectivity index (χ2v) is 8.40. The van der Waals surface area contributed by atoms with Crippen molar-refractivity contribution in [1.82, 2.24) is 0 Å². The number of halogens is 3. The van der Waals surface area contributed by atoms with E-state index in [-0.39, 0.29) is 75.5 Å². The van der Waals surface area contributed by atoms with Gasteiger partial charge in [-0.25, -0.2) is 0 Å². The molecule has 11 heteroatoms. The summed E-state index contributed by atoms with van der Waals surface area (Å²) in [7, 11) is -1.19. The van der Waals surface area contributed by atoms with E-state index in [4.69, 9.17) is 19.4 Å². The van der Waals surface area contributed by atoms with E-state index in [0.717, 1.165) is 13.8 Å². The van der Waals surface area contributed by atoms with Gasteiger partial charge in [0.25, 0.3) is 0 Å². The Morgan fingerprint density at radius 1 is 0.846 bits per heavy atom. The van der Waals surface area contributed by atoms with Crippen LogP contribution in [-0.2, 0) is 9.31 Å². The van der Waals surface area contributed by atoms with Crippen molar-refractivity contribution in [3.05, 3.63) is 0 Å². The Balaban J connectivity index is -0.000000327. The van der Waals surface area contributed by atoms with Gasteiger partial charge in [-0.3, -0.25) is 0 Å². The van der Waals surface area contributed by atoms with E-state index in [9.17, 15) is 12.9 Å². The molecule has 0 bridgehead atoms. The number of rotatable bonds is 3. The molecular formula is C15H35B3F3KO4. The Labute approximate surface area is 201 Å². The first-order valence-corrected chi connectivity index (χ1v) is 8.76. The van der Waals surface area contributed by atoms with Gasteiger partial charge in [-0.1, -0.05) is 47.4 Å². The fourth-order valence-corrected chi connectivity index (χ4v) is 1.16. The van der Waals surface area contributed by atoms with E-state index in [1.807, 2.05) is 0 Å². The molecule has 1 aliphatic rings. The van der Waals surface area contributed by atoms with E-state index in [1.165, 1.54) is 0 Å². The molecular weight excluding hydrogens is 373 g/mol. The van der Waals surface area contributed by atoms with E-state index in [1.54, 1.807) is 13.8 Å². The predicted molar refractivity (Wildman–Crippen MR) is 101 cm³/mol. The van der Waals surface area contributed by atoms with Gasteiger partial charge in [0.05, 0.1) is 11.2 Å². The summed E-state index contributed by atoms with van der Waals surface area (Å²) in [6.07, 6.45) is 0. The quantitative estimate of drug-likeness (QED) is 0.698. The molecule has 0 aromatic carbocycles. The Morgan fingerprint density at radius 2 is 1.08 bits per heavy atom. The van der Waals surface area contributed by atoms with Crippen LogP contribution in [0, 0.1) is 0 Å². The molecule has 1 fully saturated rings. The van der Waals surface area contributed by atoms with Gasteiger partial charge in [-0.2, -0.15) is 0 Å². The second-order valence-electron chi connectivity index (χ2n) is 8.40. The molecule has 0 unspecified atom stereocenters. The standard InChI is InChI=1S/C9H19BO2.C3H7BF3.C3H9BO2.K/c1-7(2)10-11-8(3,4)9(5,6)12-10;1-3(2)4(5,6)7;1-3(2)4(5)6;/h7H,1-6H3;3H,1-2H3;3,5-6H,1-2H3;/q;-1;;+1. The van der Waals surface area contributed by atoms with Gasteiger partial charge in [-0.05, 0) is 39.3 Å². The largest absolute Gasteiger partial charge is 1.00 e. The van der Waals surface area contributed by atoms with Crippen LogP contribution in [0.2, 0.25) is 17.5 Å². The van der Waals surface area contributed by atoms with Gasteiger partial charge in [0.15, 0.2) is 0 Å². The fourth-order valence-electron chi connectivity index (χ4n) is 1.16. The molecule has 150 valence electrons. The van der Waals surface area contributed by atoms with Crippen LogP contribution >= 0.6 is 0 Å². The topological polar surface area (TPSA) is 58.9 Å². The summed E-state index contributed by atoms with van der Waals surface area (Å²) >= 11 is 0. The average Bonchev–Trinajstić information content (AvgIpc) is 2.58. The zero-order valence-electron chi connectivity index (χ0n) is 18.3. The first-order chi connectivity index (χ1) is 10.8. The van der Waals surface area contributed by atoms with Crippen LogP contribution in [0.1, 0.15) is 69.2 Å². The van der Waals surface area contributed by atoms with Crippen molar-refractivity contribution in [3.8, 4) is 0 Å². The molecule has 26 heavy (non-hydrogen) atoms. The van der Waals surface area contributed by atoms with Crippen molar-refractivity contribution < 1.29 is 83.7 Å². The predicted octanol–water partition coefficient (Wildman–Crippen LogP) is 1.61. The SMILES string of the molecule is CC(C)B(O)O.CC(C)B1OC(C)(C)C(C)(C)O1.CC(C)[B-](F)(F)F.[K+]. The van der Waals surface area contributed by atoms with E-state index < -0.39 is 19.9 Å². The summed E-state index contributed by atoms with van der Waals surface area (Å²) in [4.78, 5) is 0. The second kappa shape index (κ2) is 12.9. The van der Waals surface area contributed by atoms with Crippen LogP contribution < -0.4 is 51.4 Å². The van der Waals surface area contributed by atoms with Crippen LogP contribution in [-0.4, -0.2) is 42.5 Å². The summed E-state index contributed by atoms with van der Waals surface area (Å²) in [5, 5.41) is 16.4. The zero-order chi connectivity index (χ0) is 20.8. The third-order valence-corrected chi connectivity index (χ3v) is 4.17. The molecule has 4 nitrogen and oxygen atoms in total. The smallest absolute Gasteiger partial charge is 0.449 e. The first kappa shape index (κ1) is 32.1. The van der Waals surface area contributed by atoms with Gasteiger partial charge in [-0.15, -0.1) is 0 Å². The van der Waals surface area contributed by atoms with Gasteiger partial charge < -0.3 is 32.3 Å². The molecule has 1 aliphatic heterocycles. The maximum absolute atomic E-state index is 11.2. The Bertz CT molecular complexity index is 358. The van der Waals surface area contributed by atoms with Crippen molar-refractivity contribution in [2.24, 2.45) is 0 Å². The van der Waals surface area contributed by atoms with E-state index in [2.05, 4.69) is 41.5 Å². The fraction of sp³-hybridized carbons (Fsp3) is 1.00. The monoisotopic (exact) mass is 408 g/mol. The Kier molecular flexibility index (Phi) is 15.9. The van der Waals surface area contributed by atoms with Crippen molar-refractivity contribution in [2.45, 2.75) is 97.9 Å². The van der Waals surface area contributed by atoms with Crippen LogP contribution in [0.15, 0.2) is 0 Å². The van der Waals surface area contributed by atoms with Crippen molar-refractivity contribution in [2.75, 3.05) is 0 Å². The van der Waals surface area contributed by atoms with E-state index >= 15 is 0 Å². The van der Waals surface area contributed by atoms with Gasteiger partial charge >= 0.3 is 72.6 Å². The number of hydrogen-bond acceptors (Lipinski definition) is 4. The number of hydrogen-bond donors (Lipinski definition) is 2. The molecule has 0 atom stereocenters. The van der Waals surface area contributed by atoms with Crippen molar-refractivity contribution >= 4 is 21.2 Å². The molecule has 0 aliphatic carbocycles. The minimum atomic E-state index is -4.56. The van der Waals surface area contributed by atoms with Gasteiger partial charge in [0.2, 0.25) is 0 Å². The molecule has 0 aromatic rings. The maximum atomic E-state index is 11.2. The van der Waals surface area contributed by atoms with Gasteiger partial charge in [0, 0.05) is 0 Å². The molecule has 1 saturated heterocycles. The first-order valence-electron chi connectivity index (χ1n) is 8.76. The normalized spacial score (nSPS) is 18.0. The third kappa shape index (κ3) is 12.8. The Hall–Kier alpha value is 1.46. The van der Waals surface area contributed by atoms with Crippen LogP contribution in [0.5, 0.6) is 0 Å². The van der Waals surface area contributed by atoms with Crippen LogP contribution in [0.3, 0.4) is 0 Å². The Morgan fingerprint density at radius 3 is 1.15 bits per heavy atom. The minimum Gasteiger partial charge on any atom is -0.449 e. The molecule has 0 spiro atoms. The van der Waals surface area contributed by atoms with Crippen LogP contribution in [0.4, 0.5) is 12.9 Å². The van der Waals surface area contributed by atoms with E-state index in [0.29, 0.717) is 5.82 Å². The molecule has 0 amide bonds. The molecule has 0 aromatic heterocycles. The third-order valence-electron chi connectivity index (χ3n) is 4.17. The zero-order valence-corrected chi connectivity index (χ0v) is 21.4. The average molecular weight is 408 g/mol. The summed E-state index contributed by atoms with van der Waals surface area (Å²) in [6.45, 7) is 13.8. The van der Waals surface area contributed by atoms with Crippen LogP contribution in [0.25, 0.3) is 0 Å². The van der Waals surface area contributed by atoms with Crippen molar-refractivity contribution in [1.29, 1.82) is 0 Å². The molecule has 1 rings (SSSR count). The summed E-state index contributed by atoms with van der Waals surface area (Å²) in [5.41, 5.74) is -0.357. The van der Waals surface area contributed by atoms with Crippen molar-refractivity contribution in [3.63, 3.8) is 0 Å². The summed E-state index contributed by atoms with van der Waals surface area (Å²) in [6, 6.07) is 0. The molecule has 1 heterocycles. The molecule has 0 saturated carbocycles. The molecule has 0 radical (unpaired) electrons. The molecule has 2 N–H and O–H groups in total.